The van der Waals surface area contributed by atoms with Crippen molar-refractivity contribution in [2.24, 2.45) is 0 Å². The maximum atomic E-state index is 13.7. The lowest BCUT2D eigenvalue weighted by molar-refractivity contribution is -0.118. The molecule has 7 heteroatoms. The van der Waals surface area contributed by atoms with Gasteiger partial charge in [0, 0.05) is 18.2 Å². The molecule has 2 aromatic carbocycles. The summed E-state index contributed by atoms with van der Waals surface area (Å²) >= 11 is 1.21. The first-order chi connectivity index (χ1) is 13.5. The van der Waals surface area contributed by atoms with E-state index in [9.17, 15) is 14.0 Å². The van der Waals surface area contributed by atoms with Gasteiger partial charge < -0.3 is 5.32 Å². The van der Waals surface area contributed by atoms with Crippen molar-refractivity contribution >= 4 is 28.6 Å². The van der Waals surface area contributed by atoms with Gasteiger partial charge in [-0.1, -0.05) is 49.0 Å². The number of nitrogens with zero attached hydrogens (tertiary/aromatic N) is 2. The molecule has 1 heterocycles. The number of nitrogens with one attached hydrogen (secondary N) is 1. The maximum absolute atomic E-state index is 13.7. The van der Waals surface area contributed by atoms with E-state index >= 15 is 0 Å². The van der Waals surface area contributed by atoms with Gasteiger partial charge in [-0.2, -0.15) is 0 Å². The van der Waals surface area contributed by atoms with Crippen LogP contribution in [-0.2, 0) is 11.3 Å². The molecule has 3 aromatic rings. The molecule has 0 unspecified atom stereocenters. The van der Waals surface area contributed by atoms with Crippen molar-refractivity contribution in [2.75, 3.05) is 5.75 Å². The molecule has 1 aromatic heterocycles. The molecule has 146 valence electrons. The number of halogens is 1. The van der Waals surface area contributed by atoms with E-state index in [0.717, 1.165) is 6.42 Å². The van der Waals surface area contributed by atoms with Gasteiger partial charge in [-0.3, -0.25) is 14.2 Å². The molecule has 0 radical (unpaired) electrons. The highest BCUT2D eigenvalue weighted by Gasteiger charge is 2.16. The van der Waals surface area contributed by atoms with Crippen LogP contribution < -0.4 is 10.9 Å². The van der Waals surface area contributed by atoms with E-state index in [1.165, 1.54) is 17.8 Å². The largest absolute Gasteiger partial charge is 0.351 e. The van der Waals surface area contributed by atoms with Gasteiger partial charge >= 0.3 is 0 Å². The molecule has 0 spiro atoms. The molecule has 1 atom stereocenters. The van der Waals surface area contributed by atoms with Crippen LogP contribution >= 0.6 is 11.8 Å². The molecule has 0 aliphatic rings. The molecule has 1 amide bonds. The number of rotatable bonds is 7. The number of fused-ring (bicyclic) bond motifs is 1. The lowest BCUT2D eigenvalue weighted by atomic mass is 10.2. The molecule has 0 saturated carbocycles. The molecule has 5 nitrogen and oxygen atoms in total. The van der Waals surface area contributed by atoms with Crippen LogP contribution in [0.25, 0.3) is 10.9 Å². The summed E-state index contributed by atoms with van der Waals surface area (Å²) in [6.45, 7) is 4.08. The van der Waals surface area contributed by atoms with Crippen LogP contribution in [0.2, 0.25) is 0 Å². The monoisotopic (exact) mass is 399 g/mol. The minimum absolute atomic E-state index is 0.0337. The van der Waals surface area contributed by atoms with Crippen LogP contribution in [0.5, 0.6) is 0 Å². The van der Waals surface area contributed by atoms with E-state index in [1.54, 1.807) is 34.9 Å². The van der Waals surface area contributed by atoms with E-state index in [0.29, 0.717) is 21.6 Å². The van der Waals surface area contributed by atoms with Gasteiger partial charge in [-0.25, -0.2) is 9.37 Å². The Morgan fingerprint density at radius 3 is 2.68 bits per heavy atom. The quantitative estimate of drug-likeness (QED) is 0.483. The Kier molecular flexibility index (Phi) is 6.46. The highest BCUT2D eigenvalue weighted by Crippen LogP contribution is 2.22. The van der Waals surface area contributed by atoms with Crippen LogP contribution in [0.15, 0.2) is 58.5 Å². The van der Waals surface area contributed by atoms with Crippen molar-refractivity contribution in [1.82, 2.24) is 14.9 Å². The summed E-state index contributed by atoms with van der Waals surface area (Å²) in [4.78, 5) is 29.7. The summed E-state index contributed by atoms with van der Waals surface area (Å²) in [6, 6.07) is 13.5. The summed E-state index contributed by atoms with van der Waals surface area (Å²) < 4.78 is 15.3. The second kappa shape index (κ2) is 9.01. The molecule has 0 saturated heterocycles. The fourth-order valence-electron chi connectivity index (χ4n) is 2.82. The normalized spacial score (nSPS) is 12.1. The fourth-order valence-corrected chi connectivity index (χ4v) is 3.74. The van der Waals surface area contributed by atoms with Gasteiger partial charge in [0.2, 0.25) is 5.91 Å². The first kappa shape index (κ1) is 20.1. The summed E-state index contributed by atoms with van der Waals surface area (Å²) in [6.07, 6.45) is 0.771. The zero-order chi connectivity index (χ0) is 20.1. The topological polar surface area (TPSA) is 64.0 Å². The van der Waals surface area contributed by atoms with Crippen molar-refractivity contribution in [3.63, 3.8) is 0 Å². The second-order valence-electron chi connectivity index (χ2n) is 6.50. The molecule has 1 N–H and O–H groups in total. The molecular formula is C21H22FN3O2S. The molecule has 0 bridgehead atoms. The number of aromatic nitrogens is 2. The highest BCUT2D eigenvalue weighted by molar-refractivity contribution is 7.99. The van der Waals surface area contributed by atoms with Crippen LogP contribution in [-0.4, -0.2) is 21.2 Å². The van der Waals surface area contributed by atoms with E-state index in [4.69, 9.17) is 0 Å². The Bertz CT molecular complexity index is 1050. The molecule has 0 fully saturated rings. The number of thioether (sulfide) groups is 1. The predicted octanol–water partition coefficient (Wildman–Crippen LogP) is 3.92. The zero-order valence-electron chi connectivity index (χ0n) is 15.8. The van der Waals surface area contributed by atoms with E-state index < -0.39 is 0 Å². The Morgan fingerprint density at radius 1 is 1.21 bits per heavy atom. The van der Waals surface area contributed by atoms with E-state index in [2.05, 4.69) is 10.3 Å². The van der Waals surface area contributed by atoms with Crippen molar-refractivity contribution < 1.29 is 9.18 Å². The van der Waals surface area contributed by atoms with E-state index in [1.807, 2.05) is 26.0 Å². The van der Waals surface area contributed by atoms with Gasteiger partial charge in [0.25, 0.3) is 5.56 Å². The predicted molar refractivity (Wildman–Crippen MR) is 110 cm³/mol. The second-order valence-corrected chi connectivity index (χ2v) is 7.44. The SMILES string of the molecule is CC[C@@H](C)n1c(SCC(=O)NCc2ccccc2F)nc2ccccc2c1=O. The fraction of sp³-hybridized carbons (Fsp3) is 0.286. The average Bonchev–Trinajstić information content (AvgIpc) is 2.71. The Hall–Kier alpha value is -2.67. The number of carbonyl (C=O) groups is 1. The van der Waals surface area contributed by atoms with Crippen molar-refractivity contribution in [2.45, 2.75) is 38.0 Å². The van der Waals surface area contributed by atoms with Crippen molar-refractivity contribution in [1.29, 1.82) is 0 Å². The minimum atomic E-state index is -0.350. The van der Waals surface area contributed by atoms with E-state index in [-0.39, 0.29) is 35.6 Å². The molecule has 0 aliphatic carbocycles. The Balaban J connectivity index is 1.77. The van der Waals surface area contributed by atoms with Crippen molar-refractivity contribution in [3.05, 3.63) is 70.3 Å². The number of benzene rings is 2. The third kappa shape index (κ3) is 4.42. The summed E-state index contributed by atoms with van der Waals surface area (Å²) in [7, 11) is 0. The maximum Gasteiger partial charge on any atom is 0.262 e. The molecular weight excluding hydrogens is 377 g/mol. The number of para-hydroxylation sites is 1. The Labute approximate surface area is 167 Å². The molecule has 3 rings (SSSR count). The van der Waals surface area contributed by atoms with Crippen LogP contribution in [0.4, 0.5) is 4.39 Å². The smallest absolute Gasteiger partial charge is 0.262 e. The van der Waals surface area contributed by atoms with Gasteiger partial charge in [0.05, 0.1) is 16.7 Å². The molecule has 0 aliphatic heterocycles. The minimum Gasteiger partial charge on any atom is -0.351 e. The standard InChI is InChI=1S/C21H22FN3O2S/c1-3-14(2)25-20(27)16-9-5-7-11-18(16)24-21(25)28-13-19(26)23-12-15-8-4-6-10-17(15)22/h4-11,14H,3,12-13H2,1-2H3,(H,23,26)/t14-/m1/s1. The zero-order valence-corrected chi connectivity index (χ0v) is 16.6. The number of hydrogen-bond donors (Lipinski definition) is 1. The van der Waals surface area contributed by atoms with Gasteiger partial charge in [0.1, 0.15) is 5.82 Å². The van der Waals surface area contributed by atoms with Crippen LogP contribution in [0.3, 0.4) is 0 Å². The summed E-state index contributed by atoms with van der Waals surface area (Å²) in [5.41, 5.74) is 0.941. The van der Waals surface area contributed by atoms with Crippen molar-refractivity contribution in [3.8, 4) is 0 Å². The Morgan fingerprint density at radius 2 is 1.93 bits per heavy atom. The van der Waals surface area contributed by atoms with Crippen LogP contribution in [0, 0.1) is 5.82 Å². The third-order valence-electron chi connectivity index (χ3n) is 4.57. The average molecular weight is 399 g/mol. The number of carbonyl (C=O) groups excluding carboxylic acids is 1. The first-order valence-corrected chi connectivity index (χ1v) is 10.1. The first-order valence-electron chi connectivity index (χ1n) is 9.15. The van der Waals surface area contributed by atoms with Gasteiger partial charge in [-0.05, 0) is 31.5 Å². The number of hydrogen-bond acceptors (Lipinski definition) is 4. The van der Waals surface area contributed by atoms with Gasteiger partial charge in [-0.15, -0.1) is 0 Å². The molecule has 28 heavy (non-hydrogen) atoms. The lowest BCUT2D eigenvalue weighted by Gasteiger charge is -2.18. The summed E-state index contributed by atoms with van der Waals surface area (Å²) in [5.74, 6) is -0.501. The van der Waals surface area contributed by atoms with Gasteiger partial charge in [0.15, 0.2) is 5.16 Å². The van der Waals surface area contributed by atoms with Crippen LogP contribution in [0.1, 0.15) is 31.9 Å². The lowest BCUT2D eigenvalue weighted by Crippen LogP contribution is -2.28. The summed E-state index contributed by atoms with van der Waals surface area (Å²) in [5, 5.41) is 3.79. The number of amides is 1. The highest BCUT2D eigenvalue weighted by atomic mass is 32.2. The third-order valence-corrected chi connectivity index (χ3v) is 5.53.